The second-order valence-corrected chi connectivity index (χ2v) is 7.10. The number of morpholine rings is 1. The van der Waals surface area contributed by atoms with Gasteiger partial charge in [0.05, 0.1) is 19.6 Å². The second kappa shape index (κ2) is 7.92. The number of ether oxygens (including phenoxy) is 1. The van der Waals surface area contributed by atoms with E-state index in [1.807, 2.05) is 64.4 Å². The first-order valence-electron chi connectivity index (χ1n) is 9.54. The highest BCUT2D eigenvalue weighted by molar-refractivity contribution is 5.95. The molecule has 2 fully saturated rings. The molecule has 0 bridgehead atoms. The predicted octanol–water partition coefficient (Wildman–Crippen LogP) is 2.96. The van der Waals surface area contributed by atoms with Crippen molar-refractivity contribution in [3.05, 3.63) is 65.7 Å². The monoisotopic (exact) mass is 364 g/mol. The van der Waals surface area contributed by atoms with Crippen LogP contribution in [0, 0.1) is 0 Å². The molecule has 2 saturated heterocycles. The minimum Gasteiger partial charge on any atom is -0.370 e. The van der Waals surface area contributed by atoms with E-state index in [1.165, 1.54) is 0 Å². The minimum atomic E-state index is -0.0625. The molecule has 2 aliphatic heterocycles. The molecule has 140 valence electrons. The third-order valence-electron chi connectivity index (χ3n) is 5.27. The van der Waals surface area contributed by atoms with Gasteiger partial charge in [0, 0.05) is 25.2 Å². The summed E-state index contributed by atoms with van der Waals surface area (Å²) in [5, 5.41) is 0. The molecule has 4 rings (SSSR count). The van der Waals surface area contributed by atoms with Crippen molar-refractivity contribution in [3.8, 4) is 0 Å². The fourth-order valence-electron chi connectivity index (χ4n) is 3.75. The molecule has 0 radical (unpaired) electrons. The molecule has 0 aromatic heterocycles. The largest absolute Gasteiger partial charge is 0.370 e. The molecule has 2 amide bonds. The van der Waals surface area contributed by atoms with Gasteiger partial charge in [-0.25, -0.2) is 0 Å². The van der Waals surface area contributed by atoms with Crippen molar-refractivity contribution >= 4 is 17.5 Å². The number of carbonyl (C=O) groups excluding carboxylic acids is 2. The van der Waals surface area contributed by atoms with E-state index in [0.717, 1.165) is 29.8 Å². The van der Waals surface area contributed by atoms with Crippen LogP contribution in [-0.4, -0.2) is 43.0 Å². The van der Waals surface area contributed by atoms with Crippen LogP contribution in [0.5, 0.6) is 0 Å². The number of rotatable bonds is 4. The molecule has 2 aliphatic rings. The summed E-state index contributed by atoms with van der Waals surface area (Å²) < 4.78 is 5.85. The van der Waals surface area contributed by atoms with Gasteiger partial charge in [-0.1, -0.05) is 42.5 Å². The lowest BCUT2D eigenvalue weighted by Gasteiger charge is -2.33. The average Bonchev–Trinajstić information content (AvgIpc) is 3.15. The standard InChI is InChI=1S/C22H24N2O3/c25-21-7-4-12-24(21)19-10-8-17(9-11-19)15-22(26)23-13-14-27-20(16-23)18-5-2-1-3-6-18/h1-3,5-6,8-11,20H,4,7,12-16H2. The van der Waals surface area contributed by atoms with E-state index in [2.05, 4.69) is 0 Å². The van der Waals surface area contributed by atoms with E-state index < -0.39 is 0 Å². The number of hydrogen-bond donors (Lipinski definition) is 0. The number of carbonyl (C=O) groups is 2. The smallest absolute Gasteiger partial charge is 0.227 e. The number of benzene rings is 2. The van der Waals surface area contributed by atoms with Crippen molar-refractivity contribution in [2.24, 2.45) is 0 Å². The number of amides is 2. The Kier molecular flexibility index (Phi) is 5.21. The van der Waals surface area contributed by atoms with Crippen molar-refractivity contribution in [1.82, 2.24) is 4.90 Å². The lowest BCUT2D eigenvalue weighted by molar-refractivity contribution is -0.138. The van der Waals surface area contributed by atoms with Crippen LogP contribution in [0.25, 0.3) is 0 Å². The Morgan fingerprint density at radius 1 is 1.04 bits per heavy atom. The zero-order valence-corrected chi connectivity index (χ0v) is 15.3. The van der Waals surface area contributed by atoms with Crippen molar-refractivity contribution in [3.63, 3.8) is 0 Å². The molecule has 5 nitrogen and oxygen atoms in total. The summed E-state index contributed by atoms with van der Waals surface area (Å²) >= 11 is 0. The summed E-state index contributed by atoms with van der Waals surface area (Å²) in [5.74, 6) is 0.295. The van der Waals surface area contributed by atoms with Gasteiger partial charge in [0.1, 0.15) is 6.10 Å². The van der Waals surface area contributed by atoms with E-state index >= 15 is 0 Å². The van der Waals surface area contributed by atoms with Crippen LogP contribution in [0.15, 0.2) is 54.6 Å². The topological polar surface area (TPSA) is 49.9 Å². The van der Waals surface area contributed by atoms with Gasteiger partial charge in [-0.05, 0) is 29.7 Å². The van der Waals surface area contributed by atoms with E-state index in [0.29, 0.717) is 32.5 Å². The van der Waals surface area contributed by atoms with Crippen LogP contribution < -0.4 is 4.90 Å². The first-order chi connectivity index (χ1) is 13.2. The van der Waals surface area contributed by atoms with Gasteiger partial charge in [0.2, 0.25) is 11.8 Å². The zero-order valence-electron chi connectivity index (χ0n) is 15.3. The number of anilines is 1. The highest BCUT2D eigenvalue weighted by atomic mass is 16.5. The van der Waals surface area contributed by atoms with Gasteiger partial charge in [-0.3, -0.25) is 9.59 Å². The van der Waals surface area contributed by atoms with Crippen LogP contribution >= 0.6 is 0 Å². The maximum absolute atomic E-state index is 12.7. The van der Waals surface area contributed by atoms with Crippen molar-refractivity contribution in [1.29, 1.82) is 0 Å². The molecular weight excluding hydrogens is 340 g/mol. The highest BCUT2D eigenvalue weighted by Gasteiger charge is 2.25. The molecular formula is C22H24N2O3. The SMILES string of the molecule is O=C(Cc1ccc(N2CCCC2=O)cc1)N1CCOC(c2ccccc2)C1. The third kappa shape index (κ3) is 4.03. The van der Waals surface area contributed by atoms with E-state index in [9.17, 15) is 9.59 Å². The first kappa shape index (κ1) is 17.7. The quantitative estimate of drug-likeness (QED) is 0.838. The molecule has 2 heterocycles. The summed E-state index contributed by atoms with van der Waals surface area (Å²) in [6.07, 6.45) is 1.85. The molecule has 1 unspecified atom stereocenters. The summed E-state index contributed by atoms with van der Waals surface area (Å²) in [7, 11) is 0. The summed E-state index contributed by atoms with van der Waals surface area (Å²) in [6.45, 7) is 2.55. The van der Waals surface area contributed by atoms with Gasteiger partial charge in [-0.15, -0.1) is 0 Å². The predicted molar refractivity (Wildman–Crippen MR) is 103 cm³/mol. The molecule has 1 atom stereocenters. The number of hydrogen-bond acceptors (Lipinski definition) is 3. The molecule has 0 N–H and O–H groups in total. The molecule has 0 saturated carbocycles. The molecule has 0 spiro atoms. The van der Waals surface area contributed by atoms with Gasteiger partial charge in [0.25, 0.3) is 0 Å². The van der Waals surface area contributed by atoms with Crippen LogP contribution in [0.2, 0.25) is 0 Å². The first-order valence-corrected chi connectivity index (χ1v) is 9.54. The summed E-state index contributed by atoms with van der Waals surface area (Å²) in [5.41, 5.74) is 3.00. The van der Waals surface area contributed by atoms with E-state index in [-0.39, 0.29) is 17.9 Å². The molecule has 5 heteroatoms. The zero-order chi connectivity index (χ0) is 18.6. The third-order valence-corrected chi connectivity index (χ3v) is 5.27. The van der Waals surface area contributed by atoms with Gasteiger partial charge in [0.15, 0.2) is 0 Å². The number of nitrogens with zero attached hydrogens (tertiary/aromatic N) is 2. The van der Waals surface area contributed by atoms with Crippen LogP contribution in [0.4, 0.5) is 5.69 Å². The maximum atomic E-state index is 12.7. The fraction of sp³-hybridized carbons (Fsp3) is 0.364. The van der Waals surface area contributed by atoms with E-state index in [4.69, 9.17) is 4.74 Å². The lowest BCUT2D eigenvalue weighted by atomic mass is 10.1. The normalized spacial score (nSPS) is 20.1. The summed E-state index contributed by atoms with van der Waals surface area (Å²) in [6, 6.07) is 17.8. The van der Waals surface area contributed by atoms with Gasteiger partial charge >= 0.3 is 0 Å². The Hall–Kier alpha value is -2.66. The fourth-order valence-corrected chi connectivity index (χ4v) is 3.75. The average molecular weight is 364 g/mol. The Bertz CT molecular complexity index is 804. The Labute approximate surface area is 159 Å². The Balaban J connectivity index is 1.37. The van der Waals surface area contributed by atoms with Crippen molar-refractivity contribution < 1.29 is 14.3 Å². The van der Waals surface area contributed by atoms with Crippen LogP contribution in [0.3, 0.4) is 0 Å². The van der Waals surface area contributed by atoms with Crippen molar-refractivity contribution in [2.75, 3.05) is 31.1 Å². The second-order valence-electron chi connectivity index (χ2n) is 7.10. The van der Waals surface area contributed by atoms with Crippen molar-refractivity contribution in [2.45, 2.75) is 25.4 Å². The Morgan fingerprint density at radius 3 is 2.52 bits per heavy atom. The minimum absolute atomic E-state index is 0.0625. The van der Waals surface area contributed by atoms with Gasteiger partial charge in [-0.2, -0.15) is 0 Å². The van der Waals surface area contributed by atoms with E-state index in [1.54, 1.807) is 0 Å². The Morgan fingerprint density at radius 2 is 1.81 bits per heavy atom. The summed E-state index contributed by atoms with van der Waals surface area (Å²) in [4.78, 5) is 28.3. The van der Waals surface area contributed by atoms with Crippen LogP contribution in [-0.2, 0) is 20.7 Å². The highest BCUT2D eigenvalue weighted by Crippen LogP contribution is 2.24. The molecule has 0 aliphatic carbocycles. The van der Waals surface area contributed by atoms with Gasteiger partial charge < -0.3 is 14.5 Å². The molecule has 2 aromatic rings. The lowest BCUT2D eigenvalue weighted by Crippen LogP contribution is -2.42. The molecule has 27 heavy (non-hydrogen) atoms. The molecule has 2 aromatic carbocycles. The maximum Gasteiger partial charge on any atom is 0.227 e. The van der Waals surface area contributed by atoms with Crippen LogP contribution in [0.1, 0.15) is 30.1 Å².